The van der Waals surface area contributed by atoms with Gasteiger partial charge in [0.25, 0.3) is 10.2 Å². The van der Waals surface area contributed by atoms with Crippen LogP contribution in [-0.2, 0) is 15.0 Å². The molecular formula is C10H20N2O4S. The van der Waals surface area contributed by atoms with Crippen molar-refractivity contribution in [2.24, 2.45) is 17.8 Å². The molecule has 7 heteroatoms. The van der Waals surface area contributed by atoms with Crippen LogP contribution >= 0.6 is 0 Å². The number of aliphatic carboxylic acids is 1. The third-order valence-electron chi connectivity index (χ3n) is 2.91. The average Bonchev–Trinajstić information content (AvgIpc) is 2.58. The normalized spacial score (nSPS) is 26.6. The maximum Gasteiger partial charge on any atom is 0.308 e. The third kappa shape index (κ3) is 3.65. The Morgan fingerprint density at radius 3 is 2.47 bits per heavy atom. The van der Waals surface area contributed by atoms with Crippen LogP contribution in [0.5, 0.6) is 0 Å². The van der Waals surface area contributed by atoms with E-state index in [1.54, 1.807) is 6.92 Å². The minimum absolute atomic E-state index is 0.0595. The molecule has 1 aliphatic heterocycles. The van der Waals surface area contributed by atoms with E-state index in [0.717, 1.165) is 0 Å². The fourth-order valence-corrected chi connectivity index (χ4v) is 3.32. The molecule has 2 unspecified atom stereocenters. The number of hydrogen-bond donors (Lipinski definition) is 2. The van der Waals surface area contributed by atoms with Crippen LogP contribution in [-0.4, -0.2) is 43.4 Å². The molecule has 1 saturated heterocycles. The van der Waals surface area contributed by atoms with Crippen LogP contribution in [0, 0.1) is 17.8 Å². The third-order valence-corrected chi connectivity index (χ3v) is 4.42. The first-order chi connectivity index (χ1) is 7.74. The van der Waals surface area contributed by atoms with Crippen molar-refractivity contribution in [2.45, 2.75) is 20.8 Å². The number of hydrogen-bond acceptors (Lipinski definition) is 3. The zero-order valence-electron chi connectivity index (χ0n) is 10.4. The number of nitrogens with one attached hydrogen (secondary N) is 1. The molecule has 1 heterocycles. The van der Waals surface area contributed by atoms with Crippen LogP contribution in [0.4, 0.5) is 0 Å². The summed E-state index contributed by atoms with van der Waals surface area (Å²) < 4.78 is 27.5. The number of carboxylic acids is 1. The second kappa shape index (κ2) is 5.32. The van der Waals surface area contributed by atoms with E-state index >= 15 is 0 Å². The average molecular weight is 264 g/mol. The lowest BCUT2D eigenvalue weighted by Gasteiger charge is -2.17. The highest BCUT2D eigenvalue weighted by atomic mass is 32.2. The maximum atomic E-state index is 11.9. The maximum absolute atomic E-state index is 11.9. The van der Waals surface area contributed by atoms with Gasteiger partial charge in [-0.2, -0.15) is 12.7 Å². The predicted octanol–water partition coefficient (Wildman–Crippen LogP) is 0.129. The zero-order chi connectivity index (χ0) is 13.2. The second-order valence-corrected chi connectivity index (χ2v) is 6.74. The molecule has 0 bridgehead atoms. The summed E-state index contributed by atoms with van der Waals surface area (Å²) in [6.07, 6.45) is 0. The highest BCUT2D eigenvalue weighted by molar-refractivity contribution is 7.87. The predicted molar refractivity (Wildman–Crippen MR) is 63.6 cm³/mol. The van der Waals surface area contributed by atoms with Gasteiger partial charge in [-0.05, 0) is 11.8 Å². The van der Waals surface area contributed by atoms with Gasteiger partial charge in [-0.1, -0.05) is 20.8 Å². The molecular weight excluding hydrogens is 244 g/mol. The van der Waals surface area contributed by atoms with Gasteiger partial charge in [-0.25, -0.2) is 4.72 Å². The number of carbonyl (C=O) groups is 1. The van der Waals surface area contributed by atoms with Gasteiger partial charge in [0.2, 0.25) is 0 Å². The van der Waals surface area contributed by atoms with E-state index in [9.17, 15) is 13.2 Å². The quantitative estimate of drug-likeness (QED) is 0.739. The first kappa shape index (κ1) is 14.4. The summed E-state index contributed by atoms with van der Waals surface area (Å²) in [5.41, 5.74) is 0. The fourth-order valence-electron chi connectivity index (χ4n) is 1.80. The molecule has 0 saturated carbocycles. The molecule has 0 aromatic rings. The van der Waals surface area contributed by atoms with Crippen LogP contribution in [0.15, 0.2) is 0 Å². The largest absolute Gasteiger partial charge is 0.481 e. The molecule has 0 spiro atoms. The van der Waals surface area contributed by atoms with Gasteiger partial charge in [0, 0.05) is 19.6 Å². The minimum atomic E-state index is -3.53. The summed E-state index contributed by atoms with van der Waals surface area (Å²) in [5.74, 6) is -1.46. The smallest absolute Gasteiger partial charge is 0.308 e. The Balaban J connectivity index is 2.66. The topological polar surface area (TPSA) is 86.7 Å². The van der Waals surface area contributed by atoms with Gasteiger partial charge >= 0.3 is 5.97 Å². The van der Waals surface area contributed by atoms with E-state index < -0.39 is 22.1 Å². The second-order valence-electron chi connectivity index (χ2n) is 4.99. The molecule has 6 nitrogen and oxygen atoms in total. The van der Waals surface area contributed by atoms with Crippen LogP contribution in [0.1, 0.15) is 20.8 Å². The Hall–Kier alpha value is -0.660. The molecule has 100 valence electrons. The van der Waals surface area contributed by atoms with Crippen molar-refractivity contribution in [3.05, 3.63) is 0 Å². The molecule has 17 heavy (non-hydrogen) atoms. The van der Waals surface area contributed by atoms with Gasteiger partial charge < -0.3 is 5.11 Å². The SMILES string of the molecule is CC(C)CNS(=O)(=O)N1CC(C)C(C(=O)O)C1. The van der Waals surface area contributed by atoms with Crippen LogP contribution < -0.4 is 4.72 Å². The van der Waals surface area contributed by atoms with Crippen LogP contribution in [0.25, 0.3) is 0 Å². The molecule has 2 N–H and O–H groups in total. The van der Waals surface area contributed by atoms with Crippen LogP contribution in [0.2, 0.25) is 0 Å². The molecule has 1 aliphatic rings. The first-order valence-electron chi connectivity index (χ1n) is 5.71. The van der Waals surface area contributed by atoms with Gasteiger partial charge in [-0.15, -0.1) is 0 Å². The Labute approximate surface area is 102 Å². The lowest BCUT2D eigenvalue weighted by Crippen LogP contribution is -2.41. The van der Waals surface area contributed by atoms with Crippen molar-refractivity contribution in [1.82, 2.24) is 9.03 Å². The molecule has 0 aromatic heterocycles. The molecule has 0 amide bonds. The van der Waals surface area contributed by atoms with Crippen molar-refractivity contribution in [2.75, 3.05) is 19.6 Å². The van der Waals surface area contributed by atoms with Gasteiger partial charge in [0.05, 0.1) is 5.92 Å². The van der Waals surface area contributed by atoms with Crippen molar-refractivity contribution < 1.29 is 18.3 Å². The highest BCUT2D eigenvalue weighted by Gasteiger charge is 2.39. The van der Waals surface area contributed by atoms with E-state index in [-0.39, 0.29) is 24.9 Å². The molecule has 0 aromatic carbocycles. The Kier molecular flexibility index (Phi) is 4.51. The van der Waals surface area contributed by atoms with E-state index in [1.807, 2.05) is 13.8 Å². The summed E-state index contributed by atoms with van der Waals surface area (Å²) in [4.78, 5) is 10.9. The molecule has 1 fully saturated rings. The highest BCUT2D eigenvalue weighted by Crippen LogP contribution is 2.24. The summed E-state index contributed by atoms with van der Waals surface area (Å²) in [5, 5.41) is 8.94. The summed E-state index contributed by atoms with van der Waals surface area (Å²) >= 11 is 0. The molecule has 0 aliphatic carbocycles. The summed E-state index contributed by atoms with van der Waals surface area (Å²) in [7, 11) is -3.53. The molecule has 0 radical (unpaired) electrons. The Morgan fingerprint density at radius 1 is 1.47 bits per heavy atom. The van der Waals surface area contributed by atoms with Crippen molar-refractivity contribution in [3.8, 4) is 0 Å². The zero-order valence-corrected chi connectivity index (χ0v) is 11.2. The van der Waals surface area contributed by atoms with E-state index in [1.165, 1.54) is 4.31 Å². The minimum Gasteiger partial charge on any atom is -0.481 e. The summed E-state index contributed by atoms with van der Waals surface area (Å²) in [6, 6.07) is 0. The lowest BCUT2D eigenvalue weighted by molar-refractivity contribution is -0.142. The molecule has 1 rings (SSSR count). The van der Waals surface area contributed by atoms with Gasteiger partial charge in [0.15, 0.2) is 0 Å². The summed E-state index contributed by atoms with van der Waals surface area (Å²) in [6.45, 7) is 6.28. The Morgan fingerprint density at radius 2 is 2.06 bits per heavy atom. The van der Waals surface area contributed by atoms with Crippen molar-refractivity contribution in [1.29, 1.82) is 0 Å². The van der Waals surface area contributed by atoms with Gasteiger partial charge in [0.1, 0.15) is 0 Å². The van der Waals surface area contributed by atoms with E-state index in [4.69, 9.17) is 5.11 Å². The molecule has 2 atom stereocenters. The number of nitrogens with zero attached hydrogens (tertiary/aromatic N) is 1. The van der Waals surface area contributed by atoms with Crippen LogP contribution in [0.3, 0.4) is 0 Å². The van der Waals surface area contributed by atoms with E-state index in [0.29, 0.717) is 6.54 Å². The monoisotopic (exact) mass is 264 g/mol. The lowest BCUT2D eigenvalue weighted by atomic mass is 9.99. The first-order valence-corrected chi connectivity index (χ1v) is 7.15. The van der Waals surface area contributed by atoms with E-state index in [2.05, 4.69) is 4.72 Å². The van der Waals surface area contributed by atoms with Crippen molar-refractivity contribution in [3.63, 3.8) is 0 Å². The number of carboxylic acid groups (broad SMARTS) is 1. The Bertz CT molecular complexity index is 380. The van der Waals surface area contributed by atoms with Crippen molar-refractivity contribution >= 4 is 16.2 Å². The fraction of sp³-hybridized carbons (Fsp3) is 0.900. The number of rotatable bonds is 5. The standard InChI is InChI=1S/C10H20N2O4S/c1-7(2)4-11-17(15,16)12-5-8(3)9(6-12)10(13)14/h7-9,11H,4-6H2,1-3H3,(H,13,14). The van der Waals surface area contributed by atoms with Gasteiger partial charge in [-0.3, -0.25) is 4.79 Å².